The Bertz CT molecular complexity index is 741. The summed E-state index contributed by atoms with van der Waals surface area (Å²) in [5.74, 6) is -0.829. The second-order valence-electron chi connectivity index (χ2n) is 7.16. The molecule has 3 aliphatic rings. The molecule has 4 nitrogen and oxygen atoms in total. The average Bonchev–Trinajstić information content (AvgIpc) is 3.15. The van der Waals surface area contributed by atoms with Gasteiger partial charge in [-0.3, -0.25) is 4.79 Å². The SMILES string of the molecule is CN[C@H]1CCCN(c2c(F)cc(C(N)=O)c3c2C2=C(CCC2)C3)C1. The Morgan fingerprint density at radius 3 is 2.96 bits per heavy atom. The van der Waals surface area contributed by atoms with E-state index in [1.54, 1.807) is 0 Å². The Morgan fingerprint density at radius 2 is 2.21 bits per heavy atom. The average molecular weight is 329 g/mol. The minimum Gasteiger partial charge on any atom is -0.367 e. The van der Waals surface area contributed by atoms with Gasteiger partial charge in [-0.15, -0.1) is 0 Å². The number of benzene rings is 1. The molecule has 1 saturated heterocycles. The lowest BCUT2D eigenvalue weighted by atomic mass is 9.93. The molecule has 1 aromatic carbocycles. The second-order valence-corrected chi connectivity index (χ2v) is 7.16. The Balaban J connectivity index is 1.85. The van der Waals surface area contributed by atoms with Crippen LogP contribution in [0.3, 0.4) is 0 Å². The van der Waals surface area contributed by atoms with Gasteiger partial charge in [-0.05, 0) is 62.8 Å². The van der Waals surface area contributed by atoms with E-state index in [-0.39, 0.29) is 5.82 Å². The first-order valence-corrected chi connectivity index (χ1v) is 8.88. The van der Waals surface area contributed by atoms with Crippen molar-refractivity contribution in [1.82, 2.24) is 5.32 Å². The number of carbonyl (C=O) groups is 1. The van der Waals surface area contributed by atoms with Crippen LogP contribution >= 0.6 is 0 Å². The number of nitrogens with one attached hydrogen (secondary N) is 1. The molecule has 1 aliphatic heterocycles. The van der Waals surface area contributed by atoms with E-state index in [0.29, 0.717) is 17.3 Å². The van der Waals surface area contributed by atoms with Crippen LogP contribution in [0.25, 0.3) is 5.57 Å². The van der Waals surface area contributed by atoms with Gasteiger partial charge in [-0.25, -0.2) is 4.39 Å². The molecule has 2 aliphatic carbocycles. The largest absolute Gasteiger partial charge is 0.367 e. The van der Waals surface area contributed by atoms with Crippen molar-refractivity contribution in [1.29, 1.82) is 0 Å². The monoisotopic (exact) mass is 329 g/mol. The molecule has 0 unspecified atom stereocenters. The van der Waals surface area contributed by atoms with E-state index in [1.807, 2.05) is 7.05 Å². The number of fused-ring (bicyclic) bond motifs is 2. The van der Waals surface area contributed by atoms with E-state index < -0.39 is 5.91 Å². The third kappa shape index (κ3) is 2.34. The number of primary amides is 1. The van der Waals surface area contributed by atoms with Gasteiger partial charge < -0.3 is 16.0 Å². The maximum atomic E-state index is 15.0. The third-order valence-corrected chi connectivity index (χ3v) is 5.80. The van der Waals surface area contributed by atoms with Crippen LogP contribution in [0.5, 0.6) is 0 Å². The number of piperidine rings is 1. The minimum atomic E-state index is -0.524. The lowest BCUT2D eigenvalue weighted by Gasteiger charge is -2.36. The van der Waals surface area contributed by atoms with Crippen LogP contribution < -0.4 is 16.0 Å². The molecule has 4 rings (SSSR count). The Labute approximate surface area is 141 Å². The molecule has 0 aromatic heterocycles. The third-order valence-electron chi connectivity index (χ3n) is 5.80. The zero-order valence-corrected chi connectivity index (χ0v) is 14.1. The van der Waals surface area contributed by atoms with Crippen molar-refractivity contribution in [2.24, 2.45) is 5.73 Å². The maximum Gasteiger partial charge on any atom is 0.249 e. The molecule has 1 fully saturated rings. The summed E-state index contributed by atoms with van der Waals surface area (Å²) in [5.41, 5.74) is 11.2. The lowest BCUT2D eigenvalue weighted by molar-refractivity contribution is 0.0999. The van der Waals surface area contributed by atoms with Crippen molar-refractivity contribution in [3.8, 4) is 0 Å². The number of carbonyl (C=O) groups excluding carboxylic acids is 1. The summed E-state index contributed by atoms with van der Waals surface area (Å²) in [6.45, 7) is 1.67. The van der Waals surface area contributed by atoms with Crippen molar-refractivity contribution in [2.45, 2.75) is 44.6 Å². The molecule has 0 radical (unpaired) electrons. The minimum absolute atomic E-state index is 0.306. The highest BCUT2D eigenvalue weighted by Crippen LogP contribution is 2.49. The Morgan fingerprint density at radius 1 is 1.38 bits per heavy atom. The molecular formula is C19H24FN3O. The molecule has 128 valence electrons. The molecule has 5 heteroatoms. The number of rotatable bonds is 3. The number of nitrogens with two attached hydrogens (primary N) is 1. The number of hydrogen-bond acceptors (Lipinski definition) is 3. The van der Waals surface area contributed by atoms with Gasteiger partial charge >= 0.3 is 0 Å². The number of likely N-dealkylation sites (N-methyl/N-ethyl adjacent to an activating group) is 1. The van der Waals surface area contributed by atoms with Crippen molar-refractivity contribution in [3.05, 3.63) is 34.1 Å². The smallest absolute Gasteiger partial charge is 0.249 e. The van der Waals surface area contributed by atoms with Gasteiger partial charge in [0.25, 0.3) is 0 Å². The van der Waals surface area contributed by atoms with Crippen molar-refractivity contribution < 1.29 is 9.18 Å². The van der Waals surface area contributed by atoms with E-state index in [2.05, 4.69) is 10.2 Å². The molecule has 1 heterocycles. The summed E-state index contributed by atoms with van der Waals surface area (Å²) in [7, 11) is 1.96. The van der Waals surface area contributed by atoms with Crippen LogP contribution in [-0.2, 0) is 6.42 Å². The molecule has 0 spiro atoms. The molecule has 0 saturated carbocycles. The fraction of sp³-hybridized carbons (Fsp3) is 0.526. The van der Waals surface area contributed by atoms with Crippen LogP contribution in [-0.4, -0.2) is 32.1 Å². The summed E-state index contributed by atoms with van der Waals surface area (Å²) in [4.78, 5) is 14.0. The quantitative estimate of drug-likeness (QED) is 0.896. The van der Waals surface area contributed by atoms with Crippen LogP contribution in [0.1, 0.15) is 53.6 Å². The standard InChI is InChI=1S/C19H24FN3O/c1-22-12-5-3-7-23(10-12)18-16(20)9-15(19(21)24)14-8-11-4-2-6-13(11)17(14)18/h9,12,22H,2-8,10H2,1H3,(H2,21,24)/t12-/m0/s1. The molecule has 1 aromatic rings. The summed E-state index contributed by atoms with van der Waals surface area (Å²) < 4.78 is 15.0. The first-order chi connectivity index (χ1) is 11.6. The fourth-order valence-electron chi connectivity index (χ4n) is 4.65. The van der Waals surface area contributed by atoms with Crippen LogP contribution in [0.4, 0.5) is 10.1 Å². The van der Waals surface area contributed by atoms with Crippen molar-refractivity contribution in [3.63, 3.8) is 0 Å². The van der Waals surface area contributed by atoms with Gasteiger partial charge in [0.15, 0.2) is 0 Å². The lowest BCUT2D eigenvalue weighted by Crippen LogP contribution is -2.45. The number of hydrogen-bond donors (Lipinski definition) is 2. The highest BCUT2D eigenvalue weighted by atomic mass is 19.1. The summed E-state index contributed by atoms with van der Waals surface area (Å²) in [6.07, 6.45) is 6.10. The molecule has 1 atom stereocenters. The Hall–Kier alpha value is -1.88. The predicted molar refractivity (Wildman–Crippen MR) is 93.7 cm³/mol. The number of amides is 1. The van der Waals surface area contributed by atoms with Gasteiger partial charge in [0.2, 0.25) is 5.91 Å². The number of allylic oxidation sites excluding steroid dienone is 2. The van der Waals surface area contributed by atoms with Crippen molar-refractivity contribution >= 4 is 17.2 Å². The van der Waals surface area contributed by atoms with Gasteiger partial charge in [0.1, 0.15) is 5.82 Å². The number of halogens is 1. The van der Waals surface area contributed by atoms with Gasteiger partial charge in [-0.2, -0.15) is 0 Å². The van der Waals surface area contributed by atoms with Gasteiger partial charge in [0, 0.05) is 30.3 Å². The van der Waals surface area contributed by atoms with E-state index in [4.69, 9.17) is 5.73 Å². The Kier molecular flexibility index (Phi) is 3.83. The highest BCUT2D eigenvalue weighted by Gasteiger charge is 2.35. The van der Waals surface area contributed by atoms with Gasteiger partial charge in [-0.1, -0.05) is 5.57 Å². The predicted octanol–water partition coefficient (Wildman–Crippen LogP) is 2.61. The zero-order chi connectivity index (χ0) is 16.8. The maximum absolute atomic E-state index is 15.0. The zero-order valence-electron chi connectivity index (χ0n) is 14.1. The van der Waals surface area contributed by atoms with Crippen molar-refractivity contribution in [2.75, 3.05) is 25.0 Å². The fourth-order valence-corrected chi connectivity index (χ4v) is 4.65. The molecule has 1 amide bonds. The van der Waals surface area contributed by atoms with E-state index in [9.17, 15) is 4.79 Å². The summed E-state index contributed by atoms with van der Waals surface area (Å²) in [5, 5.41) is 3.32. The van der Waals surface area contributed by atoms with E-state index in [1.165, 1.54) is 17.2 Å². The topological polar surface area (TPSA) is 58.4 Å². The first kappa shape index (κ1) is 15.6. The normalized spacial score (nSPS) is 22.8. The summed E-state index contributed by atoms with van der Waals surface area (Å²) >= 11 is 0. The highest BCUT2D eigenvalue weighted by molar-refractivity contribution is 6.00. The number of nitrogens with zero attached hydrogens (tertiary/aromatic N) is 1. The summed E-state index contributed by atoms with van der Waals surface area (Å²) in [6, 6.07) is 1.74. The molecule has 24 heavy (non-hydrogen) atoms. The molecule has 0 bridgehead atoms. The van der Waals surface area contributed by atoms with Crippen LogP contribution in [0, 0.1) is 5.82 Å². The molecule has 3 N–H and O–H groups in total. The molecular weight excluding hydrogens is 305 g/mol. The van der Waals surface area contributed by atoms with Crippen LogP contribution in [0.15, 0.2) is 11.6 Å². The van der Waals surface area contributed by atoms with Gasteiger partial charge in [0.05, 0.1) is 5.69 Å². The second kappa shape index (κ2) is 5.88. The van der Waals surface area contributed by atoms with E-state index in [0.717, 1.165) is 62.7 Å². The van der Waals surface area contributed by atoms with E-state index >= 15 is 4.39 Å². The number of anilines is 1. The van der Waals surface area contributed by atoms with Crippen LogP contribution in [0.2, 0.25) is 0 Å². The first-order valence-electron chi connectivity index (χ1n) is 8.88.